The zero-order valence-electron chi connectivity index (χ0n) is 12.1. The number of rotatable bonds is 3. The van der Waals surface area contributed by atoms with Crippen LogP contribution in [0.2, 0.25) is 0 Å². The van der Waals surface area contributed by atoms with Crippen LogP contribution < -0.4 is 5.32 Å². The van der Waals surface area contributed by atoms with Gasteiger partial charge in [0.1, 0.15) is 0 Å². The summed E-state index contributed by atoms with van der Waals surface area (Å²) in [5.41, 5.74) is 1.44. The first-order valence-electron chi connectivity index (χ1n) is 7.58. The first-order chi connectivity index (χ1) is 9.22. The number of aromatic nitrogens is 2. The number of nitrogens with zero attached hydrogens (tertiary/aromatic N) is 2. The van der Waals surface area contributed by atoms with E-state index in [4.69, 9.17) is 4.74 Å². The molecular formula is C15H25N3O. The van der Waals surface area contributed by atoms with E-state index in [2.05, 4.69) is 28.2 Å². The van der Waals surface area contributed by atoms with Crippen molar-refractivity contribution in [2.24, 2.45) is 0 Å². The Kier molecular flexibility index (Phi) is 3.63. The molecule has 0 aromatic carbocycles. The molecule has 3 rings (SSSR count). The van der Waals surface area contributed by atoms with E-state index < -0.39 is 0 Å². The van der Waals surface area contributed by atoms with Crippen LogP contribution >= 0.6 is 0 Å². The van der Waals surface area contributed by atoms with Crippen LogP contribution in [0, 0.1) is 0 Å². The lowest BCUT2D eigenvalue weighted by atomic mass is 9.89. The van der Waals surface area contributed by atoms with Crippen molar-refractivity contribution in [1.29, 1.82) is 0 Å². The highest BCUT2D eigenvalue weighted by Crippen LogP contribution is 2.43. The third kappa shape index (κ3) is 2.56. The van der Waals surface area contributed by atoms with Crippen LogP contribution in [-0.2, 0) is 4.74 Å². The van der Waals surface area contributed by atoms with Gasteiger partial charge < -0.3 is 10.1 Å². The summed E-state index contributed by atoms with van der Waals surface area (Å²) >= 11 is 0. The molecule has 1 spiro atoms. The molecule has 2 fully saturated rings. The summed E-state index contributed by atoms with van der Waals surface area (Å²) < 4.78 is 8.27. The van der Waals surface area contributed by atoms with Gasteiger partial charge in [0.2, 0.25) is 0 Å². The predicted octanol–water partition coefficient (Wildman–Crippen LogP) is 2.83. The second-order valence-corrected chi connectivity index (χ2v) is 6.15. The fraction of sp³-hybridized carbons (Fsp3) is 0.800. The summed E-state index contributed by atoms with van der Waals surface area (Å²) in [6.07, 6.45) is 11.6. The lowest BCUT2D eigenvalue weighted by Gasteiger charge is -2.38. The van der Waals surface area contributed by atoms with Crippen molar-refractivity contribution in [3.05, 3.63) is 18.0 Å². The molecule has 0 bridgehead atoms. The lowest BCUT2D eigenvalue weighted by Crippen LogP contribution is -2.38. The summed E-state index contributed by atoms with van der Waals surface area (Å²) in [5.74, 6) is 0. The van der Waals surface area contributed by atoms with E-state index in [1.54, 1.807) is 0 Å². The van der Waals surface area contributed by atoms with Crippen LogP contribution in [0.4, 0.5) is 0 Å². The molecule has 1 aromatic heterocycles. The third-order valence-corrected chi connectivity index (χ3v) is 4.91. The van der Waals surface area contributed by atoms with Gasteiger partial charge in [-0.1, -0.05) is 12.8 Å². The molecule has 1 saturated heterocycles. The van der Waals surface area contributed by atoms with Crippen LogP contribution in [0.1, 0.15) is 63.1 Å². The molecular weight excluding hydrogens is 238 g/mol. The van der Waals surface area contributed by atoms with Gasteiger partial charge in [0.15, 0.2) is 0 Å². The largest absolute Gasteiger partial charge is 0.375 e. The highest BCUT2D eigenvalue weighted by Gasteiger charge is 2.40. The predicted molar refractivity (Wildman–Crippen MR) is 75.1 cm³/mol. The van der Waals surface area contributed by atoms with Crippen LogP contribution in [0.25, 0.3) is 0 Å². The SMILES string of the molecule is CNC(C)c1cnn(C2CCOC3(CCCC3)C2)c1. The normalized spacial score (nSPS) is 27.8. The molecule has 2 heterocycles. The number of nitrogens with one attached hydrogen (secondary N) is 1. The highest BCUT2D eigenvalue weighted by atomic mass is 16.5. The van der Waals surface area contributed by atoms with Gasteiger partial charge in [-0.3, -0.25) is 4.68 Å². The molecule has 2 aliphatic rings. The first-order valence-corrected chi connectivity index (χ1v) is 7.58. The second kappa shape index (κ2) is 5.25. The fourth-order valence-electron chi connectivity index (χ4n) is 3.54. The summed E-state index contributed by atoms with van der Waals surface area (Å²) in [4.78, 5) is 0. The maximum Gasteiger partial charge on any atom is 0.0703 e. The zero-order valence-corrected chi connectivity index (χ0v) is 12.1. The van der Waals surface area contributed by atoms with Crippen molar-refractivity contribution in [2.75, 3.05) is 13.7 Å². The number of hydrogen-bond acceptors (Lipinski definition) is 3. The van der Waals surface area contributed by atoms with Crippen LogP contribution in [0.3, 0.4) is 0 Å². The Hall–Kier alpha value is -0.870. The standard InChI is InChI=1S/C15H25N3O/c1-12(16-2)13-10-17-18(11-13)14-5-8-19-15(9-14)6-3-4-7-15/h10-12,14,16H,3-9H2,1-2H3. The van der Waals surface area contributed by atoms with Gasteiger partial charge in [-0.05, 0) is 39.7 Å². The van der Waals surface area contributed by atoms with Gasteiger partial charge in [-0.25, -0.2) is 0 Å². The minimum atomic E-state index is 0.170. The van der Waals surface area contributed by atoms with Crippen molar-refractivity contribution in [3.63, 3.8) is 0 Å². The summed E-state index contributed by atoms with van der Waals surface area (Å²) in [5, 5.41) is 7.85. The molecule has 1 N–H and O–H groups in total. The molecule has 0 amide bonds. The first kappa shape index (κ1) is 13.1. The van der Waals surface area contributed by atoms with Gasteiger partial charge in [-0.2, -0.15) is 5.10 Å². The van der Waals surface area contributed by atoms with Gasteiger partial charge in [0.25, 0.3) is 0 Å². The van der Waals surface area contributed by atoms with E-state index in [9.17, 15) is 0 Å². The summed E-state index contributed by atoms with van der Waals surface area (Å²) in [7, 11) is 1.99. The Morgan fingerprint density at radius 3 is 3.00 bits per heavy atom. The Labute approximate surface area is 115 Å². The van der Waals surface area contributed by atoms with Crippen LogP contribution in [0.15, 0.2) is 12.4 Å². The molecule has 0 radical (unpaired) electrons. The van der Waals surface area contributed by atoms with Crippen molar-refractivity contribution in [1.82, 2.24) is 15.1 Å². The average Bonchev–Trinajstić information content (AvgIpc) is 3.08. The Morgan fingerprint density at radius 1 is 1.47 bits per heavy atom. The van der Waals surface area contributed by atoms with Crippen molar-refractivity contribution < 1.29 is 4.74 Å². The molecule has 4 nitrogen and oxygen atoms in total. The van der Waals surface area contributed by atoms with E-state index in [1.165, 1.54) is 31.2 Å². The van der Waals surface area contributed by atoms with E-state index in [0.717, 1.165) is 19.4 Å². The zero-order chi connectivity index (χ0) is 13.3. The molecule has 1 saturated carbocycles. The molecule has 2 unspecified atom stereocenters. The number of ether oxygens (including phenoxy) is 1. The quantitative estimate of drug-likeness (QED) is 0.911. The molecule has 106 valence electrons. The Morgan fingerprint density at radius 2 is 2.26 bits per heavy atom. The lowest BCUT2D eigenvalue weighted by molar-refractivity contribution is -0.0910. The van der Waals surface area contributed by atoms with Crippen LogP contribution in [-0.4, -0.2) is 29.0 Å². The molecule has 1 aromatic rings. The molecule has 1 aliphatic heterocycles. The number of hydrogen-bond donors (Lipinski definition) is 1. The van der Waals surface area contributed by atoms with E-state index in [-0.39, 0.29) is 5.60 Å². The fourth-order valence-corrected chi connectivity index (χ4v) is 3.54. The van der Waals surface area contributed by atoms with E-state index >= 15 is 0 Å². The smallest absolute Gasteiger partial charge is 0.0703 e. The van der Waals surface area contributed by atoms with Gasteiger partial charge in [0, 0.05) is 24.4 Å². The van der Waals surface area contributed by atoms with Crippen molar-refractivity contribution in [2.45, 2.75) is 63.1 Å². The molecule has 1 aliphatic carbocycles. The maximum atomic E-state index is 6.10. The monoisotopic (exact) mass is 263 g/mol. The highest BCUT2D eigenvalue weighted by molar-refractivity contribution is 5.10. The van der Waals surface area contributed by atoms with Gasteiger partial charge in [-0.15, -0.1) is 0 Å². The second-order valence-electron chi connectivity index (χ2n) is 6.15. The van der Waals surface area contributed by atoms with Gasteiger partial charge in [0.05, 0.1) is 17.8 Å². The van der Waals surface area contributed by atoms with Crippen molar-refractivity contribution >= 4 is 0 Å². The minimum Gasteiger partial charge on any atom is -0.375 e. The van der Waals surface area contributed by atoms with Crippen LogP contribution in [0.5, 0.6) is 0 Å². The summed E-state index contributed by atoms with van der Waals surface area (Å²) in [6, 6.07) is 0.888. The Bertz CT molecular complexity index is 423. The molecule has 19 heavy (non-hydrogen) atoms. The minimum absolute atomic E-state index is 0.170. The molecule has 2 atom stereocenters. The average molecular weight is 263 g/mol. The van der Waals surface area contributed by atoms with E-state index in [0.29, 0.717) is 12.1 Å². The maximum absolute atomic E-state index is 6.10. The van der Waals surface area contributed by atoms with Gasteiger partial charge >= 0.3 is 0 Å². The Balaban J connectivity index is 1.73. The van der Waals surface area contributed by atoms with E-state index in [1.807, 2.05) is 13.2 Å². The summed E-state index contributed by atoms with van der Waals surface area (Å²) in [6.45, 7) is 3.06. The van der Waals surface area contributed by atoms with Crippen molar-refractivity contribution in [3.8, 4) is 0 Å². The molecule has 4 heteroatoms. The topological polar surface area (TPSA) is 39.1 Å². The third-order valence-electron chi connectivity index (χ3n) is 4.91.